The molecule has 3 aromatic rings. The van der Waals surface area contributed by atoms with Crippen molar-refractivity contribution in [3.63, 3.8) is 0 Å². The molecular weight excluding hydrogens is 499 g/mol. The molecule has 0 bridgehead atoms. The van der Waals surface area contributed by atoms with E-state index in [9.17, 15) is 9.59 Å². The van der Waals surface area contributed by atoms with Gasteiger partial charge in [-0.25, -0.2) is 14.7 Å². The number of aromatic amines is 1. The van der Waals surface area contributed by atoms with Gasteiger partial charge in [0.2, 0.25) is 0 Å². The van der Waals surface area contributed by atoms with Crippen LogP contribution in [-0.4, -0.2) is 45.1 Å². The molecule has 8 nitrogen and oxygen atoms in total. The smallest absolute Gasteiger partial charge is 0.326 e. The van der Waals surface area contributed by atoms with Crippen molar-refractivity contribution in [1.82, 2.24) is 20.2 Å². The van der Waals surface area contributed by atoms with Gasteiger partial charge in [0.15, 0.2) is 0 Å². The van der Waals surface area contributed by atoms with Gasteiger partial charge < -0.3 is 20.1 Å². The number of benzene rings is 2. The summed E-state index contributed by atoms with van der Waals surface area (Å²) in [5, 5.41) is 11.7. The van der Waals surface area contributed by atoms with Crippen LogP contribution in [0.3, 0.4) is 0 Å². The van der Waals surface area contributed by atoms with Crippen LogP contribution >= 0.6 is 22.6 Å². The summed E-state index contributed by atoms with van der Waals surface area (Å²) in [5.41, 5.74) is 1.68. The minimum absolute atomic E-state index is 0.0725. The van der Waals surface area contributed by atoms with E-state index < -0.39 is 17.6 Å². The zero-order chi connectivity index (χ0) is 20.9. The average molecular weight is 518 g/mol. The number of fused-ring (bicyclic) bond motifs is 1. The van der Waals surface area contributed by atoms with E-state index in [0.717, 1.165) is 14.6 Å². The van der Waals surface area contributed by atoms with E-state index in [1.54, 1.807) is 24.3 Å². The minimum atomic E-state index is -0.743. The lowest BCUT2D eigenvalue weighted by molar-refractivity contribution is -0.130. The standard InChI is InChI=1S/C21H19IN4O4/c22-13-3-6-15-16(11-13)24-19(23-15)21(7-8-21)26-18(28)17(25-20(26)29)12-1-4-14(5-2-12)30-10-9-27/h1-6,11,17,27H,7-10H2,(H,23,24)(H,25,29). The second-order valence-corrected chi connectivity index (χ2v) is 8.72. The summed E-state index contributed by atoms with van der Waals surface area (Å²) >= 11 is 2.24. The molecule has 2 aromatic carbocycles. The van der Waals surface area contributed by atoms with Gasteiger partial charge in [0.1, 0.15) is 29.8 Å². The van der Waals surface area contributed by atoms with Gasteiger partial charge >= 0.3 is 6.03 Å². The molecule has 1 unspecified atom stereocenters. The predicted octanol–water partition coefficient (Wildman–Crippen LogP) is 2.82. The molecule has 1 saturated heterocycles. The molecule has 5 rings (SSSR count). The van der Waals surface area contributed by atoms with Gasteiger partial charge in [0.05, 0.1) is 17.6 Å². The molecule has 1 aliphatic heterocycles. The molecule has 3 amide bonds. The maximum absolute atomic E-state index is 13.2. The first-order valence-electron chi connectivity index (χ1n) is 9.66. The van der Waals surface area contributed by atoms with Crippen molar-refractivity contribution in [2.24, 2.45) is 0 Å². The first-order valence-corrected chi connectivity index (χ1v) is 10.7. The first kappa shape index (κ1) is 19.3. The quantitative estimate of drug-likeness (QED) is 0.344. The molecule has 3 N–H and O–H groups in total. The number of urea groups is 1. The SMILES string of the molecule is O=C1NC(c2ccc(OCCO)cc2)C(=O)N1C1(c2nc3ccc(I)cc3[nH]2)CC1. The van der Waals surface area contributed by atoms with Crippen LogP contribution in [0.1, 0.15) is 30.3 Å². The Bertz CT molecular complexity index is 1140. The molecule has 30 heavy (non-hydrogen) atoms. The third-order valence-electron chi connectivity index (χ3n) is 5.55. The number of H-pyrrole nitrogens is 1. The summed E-state index contributed by atoms with van der Waals surface area (Å²) in [4.78, 5) is 35.4. The van der Waals surface area contributed by atoms with Gasteiger partial charge in [-0.3, -0.25) is 4.79 Å². The molecule has 9 heteroatoms. The van der Waals surface area contributed by atoms with E-state index in [-0.39, 0.29) is 19.1 Å². The monoisotopic (exact) mass is 518 g/mol. The Kier molecular flexibility index (Phi) is 4.66. The molecule has 0 radical (unpaired) electrons. The van der Waals surface area contributed by atoms with Crippen LogP contribution in [0, 0.1) is 3.57 Å². The summed E-state index contributed by atoms with van der Waals surface area (Å²) < 4.78 is 6.44. The van der Waals surface area contributed by atoms with E-state index in [2.05, 4.69) is 37.9 Å². The summed E-state index contributed by atoms with van der Waals surface area (Å²) in [6.45, 7) is 0.127. The van der Waals surface area contributed by atoms with Crippen LogP contribution < -0.4 is 10.1 Å². The van der Waals surface area contributed by atoms with Crippen molar-refractivity contribution < 1.29 is 19.4 Å². The Morgan fingerprint density at radius 1 is 1.20 bits per heavy atom. The minimum Gasteiger partial charge on any atom is -0.491 e. The van der Waals surface area contributed by atoms with Gasteiger partial charge in [-0.15, -0.1) is 0 Å². The number of imidazole rings is 1. The molecule has 1 aromatic heterocycles. The number of halogens is 1. The second kappa shape index (κ2) is 7.24. The number of carbonyl (C=O) groups excluding carboxylic acids is 2. The normalized spacial score (nSPS) is 19.9. The number of nitrogens with one attached hydrogen (secondary N) is 2. The Morgan fingerprint density at radius 3 is 2.67 bits per heavy atom. The number of ether oxygens (including phenoxy) is 1. The van der Waals surface area contributed by atoms with Crippen molar-refractivity contribution in [3.05, 3.63) is 57.4 Å². The fraction of sp³-hybridized carbons (Fsp3) is 0.286. The summed E-state index contributed by atoms with van der Waals surface area (Å²) in [6, 6.07) is 11.7. The number of aromatic nitrogens is 2. The van der Waals surface area contributed by atoms with Gasteiger partial charge in [0.25, 0.3) is 5.91 Å². The Hall–Kier alpha value is -2.66. The highest BCUT2D eigenvalue weighted by Gasteiger charge is 2.60. The van der Waals surface area contributed by atoms with E-state index in [1.165, 1.54) is 4.90 Å². The molecule has 1 saturated carbocycles. The number of aliphatic hydroxyl groups is 1. The van der Waals surface area contributed by atoms with E-state index in [1.807, 2.05) is 18.2 Å². The van der Waals surface area contributed by atoms with Gasteiger partial charge in [-0.1, -0.05) is 12.1 Å². The number of amides is 3. The van der Waals surface area contributed by atoms with Gasteiger partial charge in [-0.05, 0) is 71.3 Å². The third-order valence-corrected chi connectivity index (χ3v) is 6.22. The fourth-order valence-electron chi connectivity index (χ4n) is 3.92. The molecule has 0 spiro atoms. The highest BCUT2D eigenvalue weighted by atomic mass is 127. The third kappa shape index (κ3) is 3.12. The van der Waals surface area contributed by atoms with Crippen molar-refractivity contribution in [2.75, 3.05) is 13.2 Å². The van der Waals surface area contributed by atoms with Crippen LogP contribution in [0.15, 0.2) is 42.5 Å². The van der Waals surface area contributed by atoms with Crippen molar-refractivity contribution in [3.8, 4) is 5.75 Å². The molecule has 154 valence electrons. The van der Waals surface area contributed by atoms with E-state index in [0.29, 0.717) is 30.0 Å². The number of imide groups is 1. The lowest BCUT2D eigenvalue weighted by atomic mass is 10.1. The largest absolute Gasteiger partial charge is 0.491 e. The zero-order valence-electron chi connectivity index (χ0n) is 15.9. The predicted molar refractivity (Wildman–Crippen MR) is 117 cm³/mol. The van der Waals surface area contributed by atoms with Crippen LogP contribution in [0.2, 0.25) is 0 Å². The highest BCUT2D eigenvalue weighted by Crippen LogP contribution is 2.52. The molecule has 1 aliphatic carbocycles. The van der Waals surface area contributed by atoms with Crippen LogP contribution in [0.5, 0.6) is 5.75 Å². The summed E-state index contributed by atoms with van der Waals surface area (Å²) in [5.74, 6) is 0.963. The molecule has 1 atom stereocenters. The van der Waals surface area contributed by atoms with Crippen molar-refractivity contribution >= 4 is 45.6 Å². The Morgan fingerprint density at radius 2 is 1.97 bits per heavy atom. The number of nitrogens with zero attached hydrogens (tertiary/aromatic N) is 2. The fourth-order valence-corrected chi connectivity index (χ4v) is 4.41. The van der Waals surface area contributed by atoms with Crippen LogP contribution in [-0.2, 0) is 10.3 Å². The first-order chi connectivity index (χ1) is 14.5. The van der Waals surface area contributed by atoms with Crippen molar-refractivity contribution in [1.29, 1.82) is 0 Å². The zero-order valence-corrected chi connectivity index (χ0v) is 18.0. The lowest BCUT2D eigenvalue weighted by Gasteiger charge is -2.23. The summed E-state index contributed by atoms with van der Waals surface area (Å²) in [6.07, 6.45) is 1.37. The summed E-state index contributed by atoms with van der Waals surface area (Å²) in [7, 11) is 0. The molecule has 2 fully saturated rings. The molecule has 2 heterocycles. The number of aliphatic hydroxyl groups excluding tert-OH is 1. The van der Waals surface area contributed by atoms with Gasteiger partial charge in [-0.2, -0.15) is 0 Å². The van der Waals surface area contributed by atoms with E-state index >= 15 is 0 Å². The average Bonchev–Trinajstić information content (AvgIpc) is 3.32. The van der Waals surface area contributed by atoms with Crippen LogP contribution in [0.25, 0.3) is 11.0 Å². The highest BCUT2D eigenvalue weighted by molar-refractivity contribution is 14.1. The molecular formula is C21H19IN4O4. The second-order valence-electron chi connectivity index (χ2n) is 7.48. The maximum atomic E-state index is 13.2. The van der Waals surface area contributed by atoms with E-state index in [4.69, 9.17) is 9.84 Å². The number of rotatable bonds is 6. The number of hydrogen-bond acceptors (Lipinski definition) is 5. The molecule has 2 aliphatic rings. The Balaban J connectivity index is 1.42. The van der Waals surface area contributed by atoms with Crippen molar-refractivity contribution in [2.45, 2.75) is 24.4 Å². The topological polar surface area (TPSA) is 108 Å². The lowest BCUT2D eigenvalue weighted by Crippen LogP contribution is -2.41. The van der Waals surface area contributed by atoms with Crippen LogP contribution in [0.4, 0.5) is 4.79 Å². The maximum Gasteiger partial charge on any atom is 0.326 e. The van der Waals surface area contributed by atoms with Gasteiger partial charge in [0, 0.05) is 3.57 Å². The number of hydrogen-bond donors (Lipinski definition) is 3. The Labute approximate surface area is 185 Å². The number of carbonyl (C=O) groups is 2.